The Morgan fingerprint density at radius 2 is 2.03 bits per heavy atom. The van der Waals surface area contributed by atoms with Gasteiger partial charge in [0, 0.05) is 18.5 Å². The fourth-order valence-electron chi connectivity index (χ4n) is 3.48. The molecule has 0 fully saturated rings. The first-order valence-corrected chi connectivity index (χ1v) is 11.4. The Balaban J connectivity index is 1.71. The maximum atomic E-state index is 12.3. The summed E-state index contributed by atoms with van der Waals surface area (Å²) in [5.74, 6) is 1.06. The second kappa shape index (κ2) is 9.12. The summed E-state index contributed by atoms with van der Waals surface area (Å²) in [7, 11) is 3.20. The number of nitrogens with zero attached hydrogens (tertiary/aromatic N) is 3. The van der Waals surface area contributed by atoms with Gasteiger partial charge in [-0.25, -0.2) is 0 Å². The van der Waals surface area contributed by atoms with Crippen LogP contribution in [0.2, 0.25) is 0 Å². The molecule has 0 aliphatic carbocycles. The van der Waals surface area contributed by atoms with E-state index >= 15 is 0 Å². The average Bonchev–Trinajstić information content (AvgIpc) is 3.38. The molecule has 0 radical (unpaired) electrons. The predicted octanol–water partition coefficient (Wildman–Crippen LogP) is 3.32. The van der Waals surface area contributed by atoms with Gasteiger partial charge in [-0.2, -0.15) is 0 Å². The van der Waals surface area contributed by atoms with Crippen molar-refractivity contribution in [3.63, 3.8) is 0 Å². The van der Waals surface area contributed by atoms with E-state index in [0.717, 1.165) is 5.56 Å². The number of H-pyrrole nitrogens is 1. The number of para-hydroxylation sites is 1. The highest BCUT2D eigenvalue weighted by Crippen LogP contribution is 2.37. The van der Waals surface area contributed by atoms with Crippen LogP contribution in [-0.2, 0) is 0 Å². The lowest BCUT2D eigenvalue weighted by atomic mass is 9.96. The van der Waals surface area contributed by atoms with Crippen LogP contribution in [0, 0.1) is 5.92 Å². The van der Waals surface area contributed by atoms with E-state index in [0.29, 0.717) is 11.5 Å². The number of ether oxygens (including phenoxy) is 2. The lowest BCUT2D eigenvalue weighted by Gasteiger charge is -2.17. The molecule has 2 atom stereocenters. The van der Waals surface area contributed by atoms with Crippen LogP contribution >= 0.6 is 11.1 Å². The molecule has 4 rings (SSSR count). The Morgan fingerprint density at radius 1 is 1.27 bits per heavy atom. The van der Waals surface area contributed by atoms with Crippen molar-refractivity contribution in [2.45, 2.75) is 19.9 Å². The minimum absolute atomic E-state index is 0.101. The number of anilines is 2. The highest BCUT2D eigenvalue weighted by atomic mass is 32.2. The van der Waals surface area contributed by atoms with E-state index in [2.05, 4.69) is 14.1 Å². The molecule has 2 heterocycles. The number of benzene rings is 2. The molecule has 3 N–H and O–H groups in total. The number of aromatic amines is 1. The van der Waals surface area contributed by atoms with Gasteiger partial charge < -0.3 is 29.3 Å². The number of carbonyl (C=O) groups is 1. The van der Waals surface area contributed by atoms with Crippen molar-refractivity contribution in [2.24, 2.45) is 10.9 Å². The van der Waals surface area contributed by atoms with Gasteiger partial charge in [0.25, 0.3) is 5.91 Å². The smallest absolute Gasteiger partial charge is 0.257 e. The minimum Gasteiger partial charge on any atom is -0.548 e. The molecule has 0 bridgehead atoms. The summed E-state index contributed by atoms with van der Waals surface area (Å²) < 4.78 is 29.9. The normalized spacial score (nSPS) is 14.5. The Labute approximate surface area is 193 Å². The number of rotatable bonds is 6. The van der Waals surface area contributed by atoms with Crippen molar-refractivity contribution in [1.29, 1.82) is 0 Å². The molecule has 0 saturated heterocycles. The number of fused-ring (bicyclic) bond motifs is 1. The number of amides is 1. The molecular formula is C22H25N5O5S. The Hall–Kier alpha value is -3.57. The molecule has 0 spiro atoms. The van der Waals surface area contributed by atoms with E-state index in [1.807, 2.05) is 32.0 Å². The highest BCUT2D eigenvalue weighted by Gasteiger charge is 2.22. The molecule has 2 aromatic carbocycles. The lowest BCUT2D eigenvalue weighted by Crippen LogP contribution is -2.22. The third-order valence-corrected chi connectivity index (χ3v) is 5.86. The molecule has 11 heteroatoms. The van der Waals surface area contributed by atoms with Gasteiger partial charge >= 0.3 is 0 Å². The SMILES string of the molecule is CC(C)[C@@H](N=c1[nH][s+]([O-])nc1Nc1cccc(C(=O)N(C)C)c1O)c1ccc2c(c1)OCO2. The summed E-state index contributed by atoms with van der Waals surface area (Å²) in [6.07, 6.45) is 0. The molecule has 0 saturated carbocycles. The maximum absolute atomic E-state index is 12.3. The predicted molar refractivity (Wildman–Crippen MR) is 122 cm³/mol. The zero-order valence-electron chi connectivity index (χ0n) is 18.7. The molecule has 33 heavy (non-hydrogen) atoms. The summed E-state index contributed by atoms with van der Waals surface area (Å²) in [5.41, 5.74) is 1.58. The number of hydrogen-bond acceptors (Lipinski definition) is 8. The number of aromatic nitrogens is 2. The largest absolute Gasteiger partial charge is 0.548 e. The Kier molecular flexibility index (Phi) is 6.25. The van der Waals surface area contributed by atoms with Crippen LogP contribution in [0.5, 0.6) is 17.2 Å². The van der Waals surface area contributed by atoms with Gasteiger partial charge in [-0.05, 0) is 35.7 Å². The van der Waals surface area contributed by atoms with Gasteiger partial charge in [-0.3, -0.25) is 9.79 Å². The number of hydrogen-bond donors (Lipinski definition) is 3. The highest BCUT2D eigenvalue weighted by molar-refractivity contribution is 7.13. The monoisotopic (exact) mass is 471 g/mol. The second-order valence-electron chi connectivity index (χ2n) is 8.10. The summed E-state index contributed by atoms with van der Waals surface area (Å²) >= 11 is -1.73. The number of carbonyl (C=O) groups excluding carboxylic acids is 1. The van der Waals surface area contributed by atoms with E-state index in [1.165, 1.54) is 11.0 Å². The van der Waals surface area contributed by atoms with Crippen molar-refractivity contribution in [2.75, 3.05) is 26.2 Å². The quantitative estimate of drug-likeness (QED) is 0.371. The average molecular weight is 472 g/mol. The summed E-state index contributed by atoms with van der Waals surface area (Å²) in [5, 5.41) is 13.6. The first-order chi connectivity index (χ1) is 15.7. The van der Waals surface area contributed by atoms with Crippen LogP contribution in [0.3, 0.4) is 0 Å². The van der Waals surface area contributed by atoms with Crippen LogP contribution in [0.15, 0.2) is 41.4 Å². The standard InChI is InChI=1S/C22H25N5O5S/c1-12(2)18(13-8-9-16-17(10-13)32-11-31-16)24-21-20(25-33(30)26-21)23-15-7-5-6-14(19(15)28)22(29)27(3)4/h5-10,12,18,28H,11H2,1-4H3,(H,23,25)(H,24,26)/t18-,33?/m1/s1. The third kappa shape index (κ3) is 4.64. The summed E-state index contributed by atoms with van der Waals surface area (Å²) in [4.78, 5) is 18.5. The van der Waals surface area contributed by atoms with Crippen molar-refractivity contribution >= 4 is 28.6 Å². The number of nitrogens with one attached hydrogen (secondary N) is 2. The van der Waals surface area contributed by atoms with Crippen molar-refractivity contribution in [3.05, 3.63) is 53.0 Å². The molecule has 10 nitrogen and oxygen atoms in total. The maximum Gasteiger partial charge on any atom is 0.257 e. The molecule has 1 aliphatic heterocycles. The van der Waals surface area contributed by atoms with Gasteiger partial charge in [-0.15, -0.1) is 4.37 Å². The van der Waals surface area contributed by atoms with Crippen LogP contribution in [0.4, 0.5) is 11.5 Å². The van der Waals surface area contributed by atoms with Crippen molar-refractivity contribution in [1.82, 2.24) is 13.6 Å². The summed E-state index contributed by atoms with van der Waals surface area (Å²) in [6, 6.07) is 10.1. The number of aromatic hydroxyl groups is 1. The first-order valence-electron chi connectivity index (χ1n) is 10.3. The van der Waals surface area contributed by atoms with E-state index in [4.69, 9.17) is 14.5 Å². The molecule has 1 aromatic heterocycles. The van der Waals surface area contributed by atoms with Gasteiger partial charge in [0.15, 0.2) is 28.4 Å². The van der Waals surface area contributed by atoms with Gasteiger partial charge in [-0.1, -0.05) is 26.0 Å². The minimum atomic E-state index is -1.73. The zero-order valence-corrected chi connectivity index (χ0v) is 19.5. The Bertz CT molecular complexity index is 1250. The van der Waals surface area contributed by atoms with Crippen LogP contribution in [-0.4, -0.2) is 50.1 Å². The van der Waals surface area contributed by atoms with Crippen molar-refractivity contribution < 1.29 is 23.9 Å². The van der Waals surface area contributed by atoms with Gasteiger partial charge in [0.2, 0.25) is 18.1 Å². The number of phenolic OH excluding ortho intramolecular Hbond substituents is 1. The molecular weight excluding hydrogens is 446 g/mol. The molecule has 1 unspecified atom stereocenters. The Morgan fingerprint density at radius 3 is 2.76 bits per heavy atom. The second-order valence-corrected chi connectivity index (χ2v) is 8.98. The molecule has 1 amide bonds. The first kappa shape index (κ1) is 22.6. The molecule has 174 valence electrons. The van der Waals surface area contributed by atoms with E-state index in [9.17, 15) is 14.5 Å². The topological polar surface area (TPSA) is 135 Å². The van der Waals surface area contributed by atoms with Crippen LogP contribution < -0.4 is 20.3 Å². The fourth-order valence-corrected chi connectivity index (χ4v) is 4.14. The molecule has 1 aliphatic rings. The molecule has 3 aromatic rings. The van der Waals surface area contributed by atoms with E-state index in [1.54, 1.807) is 26.2 Å². The van der Waals surface area contributed by atoms with Crippen molar-refractivity contribution in [3.8, 4) is 17.2 Å². The fraction of sp³-hybridized carbons (Fsp3) is 0.318. The van der Waals surface area contributed by atoms with E-state index in [-0.39, 0.29) is 53.0 Å². The van der Waals surface area contributed by atoms with E-state index < -0.39 is 11.1 Å². The summed E-state index contributed by atoms with van der Waals surface area (Å²) in [6.45, 7) is 4.23. The van der Waals surface area contributed by atoms with Gasteiger partial charge in [0.05, 0.1) is 17.3 Å². The number of phenols is 1. The zero-order chi connectivity index (χ0) is 23.7. The van der Waals surface area contributed by atoms with Gasteiger partial charge in [0.1, 0.15) is 0 Å². The third-order valence-electron chi connectivity index (χ3n) is 5.15. The van der Waals surface area contributed by atoms with Crippen LogP contribution in [0.1, 0.15) is 35.8 Å². The van der Waals surface area contributed by atoms with Crippen LogP contribution in [0.25, 0.3) is 0 Å². The lowest BCUT2D eigenvalue weighted by molar-refractivity contribution is 0.0824.